The average molecular weight is 407 g/mol. The molecule has 0 atom stereocenters. The number of piperazine rings is 1. The highest BCUT2D eigenvalue weighted by molar-refractivity contribution is 5.93. The summed E-state index contributed by atoms with van der Waals surface area (Å²) in [6.07, 6.45) is 3.61. The van der Waals surface area contributed by atoms with Crippen molar-refractivity contribution >= 4 is 11.6 Å². The van der Waals surface area contributed by atoms with Crippen molar-refractivity contribution in [3.05, 3.63) is 75.9 Å². The van der Waals surface area contributed by atoms with Crippen molar-refractivity contribution in [3.8, 4) is 5.69 Å². The Morgan fingerprint density at radius 2 is 1.97 bits per heavy atom. The summed E-state index contributed by atoms with van der Waals surface area (Å²) >= 11 is 0. The zero-order valence-corrected chi connectivity index (χ0v) is 16.5. The fraction of sp³-hybridized carbons (Fsp3) is 0.300. The minimum Gasteiger partial charge on any atom is -0.335 e. The number of non-ortho nitro benzene ring substituents is 1. The Kier molecular flexibility index (Phi) is 5.48. The minimum absolute atomic E-state index is 0.0417. The maximum Gasteiger partial charge on any atom is 0.276 e. The Labute approximate surface area is 172 Å². The molecule has 0 aliphatic carbocycles. The second kappa shape index (κ2) is 8.37. The van der Waals surface area contributed by atoms with Crippen molar-refractivity contribution in [3.63, 3.8) is 0 Å². The van der Waals surface area contributed by atoms with Crippen LogP contribution in [0, 0.1) is 17.0 Å². The van der Waals surface area contributed by atoms with Crippen LogP contribution in [0.2, 0.25) is 0 Å². The van der Waals surface area contributed by atoms with Crippen molar-refractivity contribution in [2.24, 2.45) is 0 Å². The van der Waals surface area contributed by atoms with Crippen molar-refractivity contribution in [2.75, 3.05) is 26.2 Å². The highest BCUT2D eigenvalue weighted by atomic mass is 16.6. The van der Waals surface area contributed by atoms with Gasteiger partial charge in [-0.2, -0.15) is 0 Å². The first-order chi connectivity index (χ1) is 14.5. The SMILES string of the molecule is Cc1c(C(=O)N2CCN(Cc3cccnc3)CC2)nnn1-c1cccc([N+](=O)[O-])c1. The zero-order chi connectivity index (χ0) is 21.1. The third-order valence-electron chi connectivity index (χ3n) is 5.17. The summed E-state index contributed by atoms with van der Waals surface area (Å²) in [5.41, 5.74) is 2.42. The first-order valence-corrected chi connectivity index (χ1v) is 9.60. The van der Waals surface area contributed by atoms with Crippen LogP contribution in [0.25, 0.3) is 5.69 Å². The van der Waals surface area contributed by atoms with Crippen molar-refractivity contribution in [2.45, 2.75) is 13.5 Å². The first-order valence-electron chi connectivity index (χ1n) is 9.60. The Hall–Kier alpha value is -3.66. The number of hydrogen-bond acceptors (Lipinski definition) is 7. The molecule has 1 fully saturated rings. The van der Waals surface area contributed by atoms with Crippen molar-refractivity contribution in [1.82, 2.24) is 29.8 Å². The number of rotatable bonds is 5. The number of pyridine rings is 1. The van der Waals surface area contributed by atoms with Crippen LogP contribution in [0.1, 0.15) is 21.7 Å². The van der Waals surface area contributed by atoms with Gasteiger partial charge < -0.3 is 4.90 Å². The van der Waals surface area contributed by atoms with Gasteiger partial charge in [0, 0.05) is 57.3 Å². The van der Waals surface area contributed by atoms with Crippen LogP contribution in [0.3, 0.4) is 0 Å². The van der Waals surface area contributed by atoms with Gasteiger partial charge in [0.05, 0.1) is 16.3 Å². The lowest BCUT2D eigenvalue weighted by Gasteiger charge is -2.34. The summed E-state index contributed by atoms with van der Waals surface area (Å²) in [7, 11) is 0. The molecule has 0 unspecified atom stereocenters. The van der Waals surface area contributed by atoms with E-state index in [2.05, 4.69) is 20.2 Å². The van der Waals surface area contributed by atoms with Crippen molar-refractivity contribution < 1.29 is 9.72 Å². The summed E-state index contributed by atoms with van der Waals surface area (Å²) in [6.45, 7) is 5.27. The molecule has 3 aromatic rings. The minimum atomic E-state index is -0.465. The van der Waals surface area contributed by atoms with E-state index in [1.165, 1.54) is 16.8 Å². The zero-order valence-electron chi connectivity index (χ0n) is 16.5. The fourth-order valence-electron chi connectivity index (χ4n) is 3.52. The molecule has 4 rings (SSSR count). The van der Waals surface area contributed by atoms with Crippen molar-refractivity contribution in [1.29, 1.82) is 0 Å². The lowest BCUT2D eigenvalue weighted by molar-refractivity contribution is -0.384. The maximum atomic E-state index is 13.0. The predicted molar refractivity (Wildman–Crippen MR) is 108 cm³/mol. The molecule has 1 amide bonds. The van der Waals surface area contributed by atoms with Crippen LogP contribution in [-0.2, 0) is 6.54 Å². The molecular formula is C20H21N7O3. The topological polar surface area (TPSA) is 110 Å². The number of carbonyl (C=O) groups is 1. The third-order valence-corrected chi connectivity index (χ3v) is 5.17. The standard InChI is InChI=1S/C20H21N7O3/c1-15-19(22-23-26(15)17-5-2-6-18(12-17)27(29)30)20(28)25-10-8-24(9-11-25)14-16-4-3-7-21-13-16/h2-7,12-13H,8-11,14H2,1H3. The van der Waals surface area contributed by atoms with Gasteiger partial charge in [0.25, 0.3) is 11.6 Å². The summed E-state index contributed by atoms with van der Waals surface area (Å²) in [5, 5.41) is 19.1. The largest absolute Gasteiger partial charge is 0.335 e. The molecule has 0 spiro atoms. The van der Waals surface area contributed by atoms with Crippen LogP contribution in [0.4, 0.5) is 5.69 Å². The van der Waals surface area contributed by atoms with Crippen LogP contribution in [-0.4, -0.2) is 66.8 Å². The molecule has 1 aliphatic rings. The summed E-state index contributed by atoms with van der Waals surface area (Å²) in [4.78, 5) is 31.7. The Morgan fingerprint density at radius 3 is 2.67 bits per heavy atom. The first kappa shape index (κ1) is 19.6. The smallest absolute Gasteiger partial charge is 0.276 e. The number of hydrogen-bond donors (Lipinski definition) is 0. The molecule has 1 aromatic carbocycles. The maximum absolute atomic E-state index is 13.0. The Morgan fingerprint density at radius 1 is 1.17 bits per heavy atom. The van der Waals surface area contributed by atoms with E-state index < -0.39 is 4.92 Å². The van der Waals surface area contributed by atoms with Gasteiger partial charge >= 0.3 is 0 Å². The number of nitrogens with zero attached hydrogens (tertiary/aromatic N) is 7. The molecule has 3 heterocycles. The molecule has 30 heavy (non-hydrogen) atoms. The summed E-state index contributed by atoms with van der Waals surface area (Å²) < 4.78 is 1.46. The van der Waals surface area contributed by atoms with Crippen LogP contribution in [0.5, 0.6) is 0 Å². The third kappa shape index (κ3) is 4.03. The van der Waals surface area contributed by atoms with E-state index in [1.54, 1.807) is 30.2 Å². The monoisotopic (exact) mass is 407 g/mol. The van der Waals surface area contributed by atoms with E-state index in [4.69, 9.17) is 0 Å². The molecule has 10 heteroatoms. The highest BCUT2D eigenvalue weighted by Crippen LogP contribution is 2.19. The number of carbonyl (C=O) groups excluding carboxylic acids is 1. The molecule has 0 N–H and O–H groups in total. The molecular weight excluding hydrogens is 386 g/mol. The molecule has 10 nitrogen and oxygen atoms in total. The van der Waals surface area contributed by atoms with Gasteiger partial charge in [-0.3, -0.25) is 24.8 Å². The molecule has 0 bridgehead atoms. The van der Waals surface area contributed by atoms with Gasteiger partial charge in [0.1, 0.15) is 0 Å². The van der Waals surface area contributed by atoms with Gasteiger partial charge in [-0.15, -0.1) is 5.10 Å². The summed E-state index contributed by atoms with van der Waals surface area (Å²) in [6, 6.07) is 10.1. The van der Waals surface area contributed by atoms with E-state index >= 15 is 0 Å². The molecule has 1 saturated heterocycles. The van der Waals surface area contributed by atoms with Crippen LogP contribution >= 0.6 is 0 Å². The number of aromatic nitrogens is 4. The number of nitro benzene ring substituents is 1. The van der Waals surface area contributed by atoms with Gasteiger partial charge in [-0.05, 0) is 24.6 Å². The normalized spacial score (nSPS) is 14.6. The lowest BCUT2D eigenvalue weighted by atomic mass is 10.2. The molecule has 0 radical (unpaired) electrons. The highest BCUT2D eigenvalue weighted by Gasteiger charge is 2.26. The van der Waals surface area contributed by atoms with E-state index in [0.29, 0.717) is 24.5 Å². The Balaban J connectivity index is 1.44. The molecule has 0 saturated carbocycles. The second-order valence-corrected chi connectivity index (χ2v) is 7.14. The quantitative estimate of drug-likeness (QED) is 0.469. The van der Waals surface area contributed by atoms with Crippen LogP contribution in [0.15, 0.2) is 48.8 Å². The molecule has 1 aliphatic heterocycles. The van der Waals surface area contributed by atoms with E-state index in [0.717, 1.165) is 25.2 Å². The number of nitro groups is 1. The molecule has 154 valence electrons. The second-order valence-electron chi connectivity index (χ2n) is 7.14. The van der Waals surface area contributed by atoms with Crippen LogP contribution < -0.4 is 0 Å². The molecule has 2 aromatic heterocycles. The van der Waals surface area contributed by atoms with E-state index in [-0.39, 0.29) is 17.3 Å². The Bertz CT molecular complexity index is 1060. The van der Waals surface area contributed by atoms with E-state index in [9.17, 15) is 14.9 Å². The predicted octanol–water partition coefficient (Wildman–Crippen LogP) is 1.84. The van der Waals surface area contributed by atoms with Gasteiger partial charge in [-0.25, -0.2) is 4.68 Å². The number of amides is 1. The fourth-order valence-corrected chi connectivity index (χ4v) is 3.52. The van der Waals surface area contributed by atoms with Gasteiger partial charge in [-0.1, -0.05) is 17.3 Å². The van der Waals surface area contributed by atoms with E-state index in [1.807, 2.05) is 18.3 Å². The van der Waals surface area contributed by atoms with Gasteiger partial charge in [0.15, 0.2) is 5.69 Å². The summed E-state index contributed by atoms with van der Waals surface area (Å²) in [5.74, 6) is -0.176. The lowest BCUT2D eigenvalue weighted by Crippen LogP contribution is -2.48. The average Bonchev–Trinajstić information content (AvgIpc) is 3.16. The van der Waals surface area contributed by atoms with Gasteiger partial charge in [0.2, 0.25) is 0 Å². The number of benzene rings is 1.